The lowest BCUT2D eigenvalue weighted by Crippen LogP contribution is -2.55. The lowest BCUT2D eigenvalue weighted by Gasteiger charge is -2.32. The highest BCUT2D eigenvalue weighted by molar-refractivity contribution is 5.87. The molecule has 1 aromatic heterocycles. The Labute approximate surface area is 235 Å². The molecule has 1 saturated carbocycles. The zero-order chi connectivity index (χ0) is 27.7. The number of carbonyl (C=O) groups is 2. The van der Waals surface area contributed by atoms with E-state index >= 15 is 0 Å². The van der Waals surface area contributed by atoms with Gasteiger partial charge in [-0.2, -0.15) is 0 Å². The minimum Gasteiger partial charge on any atom is -0.438 e. The van der Waals surface area contributed by atoms with E-state index in [1.807, 2.05) is 48.5 Å². The summed E-state index contributed by atoms with van der Waals surface area (Å²) in [7, 11) is 0. The van der Waals surface area contributed by atoms with Gasteiger partial charge in [-0.05, 0) is 42.9 Å². The fraction of sp³-hybridized carbons (Fsp3) is 0.516. The normalized spacial score (nSPS) is 18.7. The van der Waals surface area contributed by atoms with Crippen LogP contribution in [0.5, 0.6) is 0 Å². The fourth-order valence-electron chi connectivity index (χ4n) is 5.74. The molecular formula is C31H40N4O5. The molecule has 40 heavy (non-hydrogen) atoms. The van der Waals surface area contributed by atoms with E-state index in [4.69, 9.17) is 9.15 Å². The molecular weight excluding hydrogens is 508 g/mol. The molecule has 2 aliphatic rings. The number of nitrogens with zero attached hydrogens (tertiary/aromatic N) is 2. The monoisotopic (exact) mass is 548 g/mol. The number of para-hydroxylation sites is 2. The summed E-state index contributed by atoms with van der Waals surface area (Å²) in [6, 6.07) is 15.7. The van der Waals surface area contributed by atoms with Crippen molar-refractivity contribution in [1.82, 2.24) is 20.5 Å². The molecule has 2 fully saturated rings. The van der Waals surface area contributed by atoms with Crippen molar-refractivity contribution in [1.29, 1.82) is 0 Å². The Morgan fingerprint density at radius 1 is 0.975 bits per heavy atom. The molecule has 1 aliphatic carbocycles. The van der Waals surface area contributed by atoms with E-state index in [2.05, 4.69) is 15.6 Å². The number of amides is 3. The highest BCUT2D eigenvalue weighted by atomic mass is 16.5. The SMILES string of the molecule is O=C(N[C@@H](CCc1ccccc1)C(O)c1nc2ccccc2o1)[C@H](CC1CCCCC1)NC(=O)N1CCOCC1. The number of fused-ring (bicyclic) bond motifs is 1. The number of aromatic nitrogens is 1. The molecule has 0 spiro atoms. The molecule has 2 heterocycles. The Balaban J connectivity index is 1.34. The van der Waals surface area contributed by atoms with Crippen LogP contribution in [0.2, 0.25) is 0 Å². The van der Waals surface area contributed by atoms with Gasteiger partial charge in [-0.1, -0.05) is 74.6 Å². The Bertz CT molecular complexity index is 1200. The first-order chi connectivity index (χ1) is 19.6. The van der Waals surface area contributed by atoms with Crippen LogP contribution in [-0.4, -0.2) is 65.3 Å². The summed E-state index contributed by atoms with van der Waals surface area (Å²) in [5, 5.41) is 17.5. The number of nitrogens with one attached hydrogen (secondary N) is 2. The third-order valence-electron chi connectivity index (χ3n) is 8.07. The van der Waals surface area contributed by atoms with E-state index < -0.39 is 18.2 Å². The first-order valence-electron chi connectivity index (χ1n) is 14.6. The molecule has 2 aromatic carbocycles. The molecule has 1 aliphatic heterocycles. The second-order valence-corrected chi connectivity index (χ2v) is 10.9. The number of urea groups is 1. The number of rotatable bonds is 10. The number of morpholine rings is 1. The maximum atomic E-state index is 13.8. The first-order valence-corrected chi connectivity index (χ1v) is 14.6. The van der Waals surface area contributed by atoms with Crippen LogP contribution in [0.4, 0.5) is 4.79 Å². The van der Waals surface area contributed by atoms with E-state index in [0.717, 1.165) is 31.2 Å². The minimum absolute atomic E-state index is 0.167. The largest absolute Gasteiger partial charge is 0.438 e. The maximum Gasteiger partial charge on any atom is 0.318 e. The van der Waals surface area contributed by atoms with Crippen LogP contribution in [-0.2, 0) is 16.0 Å². The number of benzene rings is 2. The van der Waals surface area contributed by atoms with Crippen molar-refractivity contribution in [2.24, 2.45) is 5.92 Å². The van der Waals surface area contributed by atoms with E-state index in [0.29, 0.717) is 62.6 Å². The van der Waals surface area contributed by atoms with Crippen molar-refractivity contribution in [2.45, 2.75) is 69.6 Å². The number of hydrogen-bond acceptors (Lipinski definition) is 6. The summed E-state index contributed by atoms with van der Waals surface area (Å²) in [4.78, 5) is 33.1. The van der Waals surface area contributed by atoms with Gasteiger partial charge in [0.15, 0.2) is 11.7 Å². The second kappa shape index (κ2) is 13.8. The fourth-order valence-corrected chi connectivity index (χ4v) is 5.74. The molecule has 3 amide bonds. The summed E-state index contributed by atoms with van der Waals surface area (Å²) in [6.07, 6.45) is 6.17. The third-order valence-corrected chi connectivity index (χ3v) is 8.07. The number of aryl methyl sites for hydroxylation is 1. The van der Waals surface area contributed by atoms with Gasteiger partial charge in [0, 0.05) is 13.1 Å². The average Bonchev–Trinajstić information content (AvgIpc) is 3.44. The van der Waals surface area contributed by atoms with Crippen LogP contribution in [0.1, 0.15) is 62.5 Å². The Morgan fingerprint density at radius 2 is 1.70 bits per heavy atom. The maximum absolute atomic E-state index is 13.8. The number of ether oxygens (including phenoxy) is 1. The number of aliphatic hydroxyl groups excluding tert-OH is 1. The lowest BCUT2D eigenvalue weighted by atomic mass is 9.84. The first kappa shape index (κ1) is 28.1. The van der Waals surface area contributed by atoms with Crippen LogP contribution < -0.4 is 10.6 Å². The van der Waals surface area contributed by atoms with Crippen LogP contribution in [0.3, 0.4) is 0 Å². The Hall–Kier alpha value is -3.43. The molecule has 3 atom stereocenters. The van der Waals surface area contributed by atoms with Gasteiger partial charge in [0.2, 0.25) is 11.8 Å². The summed E-state index contributed by atoms with van der Waals surface area (Å²) in [6.45, 7) is 1.98. The van der Waals surface area contributed by atoms with E-state index in [1.54, 1.807) is 11.0 Å². The molecule has 5 rings (SSSR count). The molecule has 3 aromatic rings. The Kier molecular flexibility index (Phi) is 9.67. The smallest absolute Gasteiger partial charge is 0.318 e. The third kappa shape index (κ3) is 7.40. The summed E-state index contributed by atoms with van der Waals surface area (Å²) < 4.78 is 11.3. The summed E-state index contributed by atoms with van der Waals surface area (Å²) in [5.41, 5.74) is 2.33. The minimum atomic E-state index is -1.15. The van der Waals surface area contributed by atoms with Crippen molar-refractivity contribution in [3.63, 3.8) is 0 Å². The van der Waals surface area contributed by atoms with Gasteiger partial charge in [-0.15, -0.1) is 0 Å². The summed E-state index contributed by atoms with van der Waals surface area (Å²) >= 11 is 0. The van der Waals surface area contributed by atoms with Crippen LogP contribution in [0.15, 0.2) is 59.0 Å². The van der Waals surface area contributed by atoms with Gasteiger partial charge in [0.1, 0.15) is 11.6 Å². The molecule has 9 nitrogen and oxygen atoms in total. The lowest BCUT2D eigenvalue weighted by molar-refractivity contribution is -0.125. The highest BCUT2D eigenvalue weighted by Crippen LogP contribution is 2.28. The standard InChI is InChI=1S/C31H40N4O5/c36-28(30-33-24-13-7-8-14-27(24)40-30)25(16-15-22-9-3-1-4-10-22)32-29(37)26(21-23-11-5-2-6-12-23)34-31(38)35-17-19-39-20-18-35/h1,3-4,7-10,13-14,23,25-26,28,36H,2,5-6,11-12,15-21H2,(H,32,37)(H,34,38)/t25-,26-,28?/m0/s1. The summed E-state index contributed by atoms with van der Waals surface area (Å²) in [5.74, 6) is 0.250. The molecule has 1 saturated heterocycles. The topological polar surface area (TPSA) is 117 Å². The predicted molar refractivity (Wildman–Crippen MR) is 152 cm³/mol. The van der Waals surface area contributed by atoms with Gasteiger partial charge < -0.3 is 29.8 Å². The van der Waals surface area contributed by atoms with Gasteiger partial charge in [0.05, 0.1) is 19.3 Å². The molecule has 0 bridgehead atoms. The van der Waals surface area contributed by atoms with Crippen molar-refractivity contribution in [2.75, 3.05) is 26.3 Å². The van der Waals surface area contributed by atoms with E-state index in [1.165, 1.54) is 6.42 Å². The van der Waals surface area contributed by atoms with Crippen molar-refractivity contribution < 1.29 is 23.8 Å². The van der Waals surface area contributed by atoms with Gasteiger partial charge >= 0.3 is 6.03 Å². The number of carbonyl (C=O) groups excluding carboxylic acids is 2. The van der Waals surface area contributed by atoms with E-state index in [-0.39, 0.29) is 17.8 Å². The molecule has 9 heteroatoms. The predicted octanol–water partition coefficient (Wildman–Crippen LogP) is 4.36. The quantitative estimate of drug-likeness (QED) is 0.347. The van der Waals surface area contributed by atoms with Crippen molar-refractivity contribution in [3.8, 4) is 0 Å². The average molecular weight is 549 g/mol. The molecule has 3 N–H and O–H groups in total. The second-order valence-electron chi connectivity index (χ2n) is 10.9. The van der Waals surface area contributed by atoms with E-state index in [9.17, 15) is 14.7 Å². The van der Waals surface area contributed by atoms with Crippen LogP contribution >= 0.6 is 0 Å². The molecule has 1 unspecified atom stereocenters. The molecule has 214 valence electrons. The zero-order valence-corrected chi connectivity index (χ0v) is 23.0. The van der Waals surface area contributed by atoms with Gasteiger partial charge in [-0.25, -0.2) is 9.78 Å². The van der Waals surface area contributed by atoms with Crippen LogP contribution in [0, 0.1) is 5.92 Å². The van der Waals surface area contributed by atoms with Crippen molar-refractivity contribution in [3.05, 3.63) is 66.1 Å². The zero-order valence-electron chi connectivity index (χ0n) is 23.0. The number of oxazole rings is 1. The van der Waals surface area contributed by atoms with Crippen LogP contribution in [0.25, 0.3) is 11.1 Å². The van der Waals surface area contributed by atoms with Crippen molar-refractivity contribution >= 4 is 23.0 Å². The van der Waals surface area contributed by atoms with Gasteiger partial charge in [0.25, 0.3) is 0 Å². The highest BCUT2D eigenvalue weighted by Gasteiger charge is 2.33. The van der Waals surface area contributed by atoms with Gasteiger partial charge in [-0.3, -0.25) is 4.79 Å². The number of aliphatic hydroxyl groups is 1. The molecule has 0 radical (unpaired) electrons. The Morgan fingerprint density at radius 3 is 2.45 bits per heavy atom. The number of hydrogen-bond donors (Lipinski definition) is 3.